The summed E-state index contributed by atoms with van der Waals surface area (Å²) in [5, 5.41) is 6.76. The number of nitrogens with one attached hydrogen (secondary N) is 1. The van der Waals surface area contributed by atoms with Crippen LogP contribution in [-0.4, -0.2) is 24.4 Å². The van der Waals surface area contributed by atoms with Crippen molar-refractivity contribution in [2.75, 3.05) is 5.32 Å². The van der Waals surface area contributed by atoms with Gasteiger partial charge in [0.15, 0.2) is 5.69 Å². The number of rotatable bonds is 4. The van der Waals surface area contributed by atoms with Gasteiger partial charge in [-0.2, -0.15) is 13.8 Å². The summed E-state index contributed by atoms with van der Waals surface area (Å²) < 4.78 is 36.0. The smallest absolute Gasteiger partial charge is 0.278 e. The molecule has 0 saturated carbocycles. The molecule has 1 aromatic carbocycles. The standard InChI is InChI=1S/C14H11F2N5OS/c1-8-5-17-21(7-9-4-10(15)2-3-11(9)16)13(8)19-14(22)12-6-18-23-20-12/h2-6H,7H2,1H3,(H,19,22). The maximum absolute atomic E-state index is 13.8. The number of aryl methyl sites for hydroxylation is 1. The van der Waals surface area contributed by atoms with E-state index in [4.69, 9.17) is 0 Å². The molecule has 0 fully saturated rings. The van der Waals surface area contributed by atoms with Crippen molar-refractivity contribution in [2.45, 2.75) is 13.5 Å². The number of halogens is 2. The predicted octanol–water partition coefficient (Wildman–Crippen LogP) is 2.62. The molecule has 0 aliphatic rings. The second kappa shape index (κ2) is 6.21. The highest BCUT2D eigenvalue weighted by Crippen LogP contribution is 2.18. The van der Waals surface area contributed by atoms with Crippen molar-refractivity contribution < 1.29 is 13.6 Å². The molecular formula is C14H11F2N5OS. The van der Waals surface area contributed by atoms with Crippen LogP contribution in [0, 0.1) is 18.6 Å². The molecule has 1 amide bonds. The molecule has 3 aromatic rings. The van der Waals surface area contributed by atoms with E-state index in [0.29, 0.717) is 11.4 Å². The molecule has 6 nitrogen and oxygen atoms in total. The maximum atomic E-state index is 13.8. The maximum Gasteiger partial charge on any atom is 0.278 e. The van der Waals surface area contributed by atoms with Crippen molar-refractivity contribution in [1.82, 2.24) is 18.5 Å². The van der Waals surface area contributed by atoms with Gasteiger partial charge in [-0.15, -0.1) is 0 Å². The number of hydrogen-bond acceptors (Lipinski definition) is 5. The molecule has 0 radical (unpaired) electrons. The van der Waals surface area contributed by atoms with E-state index in [1.54, 1.807) is 6.92 Å². The van der Waals surface area contributed by atoms with E-state index in [-0.39, 0.29) is 17.8 Å². The fraction of sp³-hybridized carbons (Fsp3) is 0.143. The lowest BCUT2D eigenvalue weighted by atomic mass is 10.2. The Morgan fingerprint density at radius 2 is 2.17 bits per heavy atom. The van der Waals surface area contributed by atoms with Crippen molar-refractivity contribution in [3.8, 4) is 0 Å². The van der Waals surface area contributed by atoms with Gasteiger partial charge in [-0.3, -0.25) is 4.79 Å². The third-order valence-electron chi connectivity index (χ3n) is 3.18. The lowest BCUT2D eigenvalue weighted by Crippen LogP contribution is -2.17. The number of nitrogens with zero attached hydrogens (tertiary/aromatic N) is 4. The third kappa shape index (κ3) is 3.24. The van der Waals surface area contributed by atoms with Gasteiger partial charge in [-0.25, -0.2) is 13.5 Å². The van der Waals surface area contributed by atoms with Crippen LogP contribution in [0.1, 0.15) is 21.6 Å². The largest absolute Gasteiger partial charge is 0.305 e. The summed E-state index contributed by atoms with van der Waals surface area (Å²) in [6.45, 7) is 1.74. The molecule has 2 aromatic heterocycles. The van der Waals surface area contributed by atoms with E-state index in [2.05, 4.69) is 19.2 Å². The summed E-state index contributed by atoms with van der Waals surface area (Å²) in [7, 11) is 0. The van der Waals surface area contributed by atoms with Crippen LogP contribution in [0.2, 0.25) is 0 Å². The van der Waals surface area contributed by atoms with E-state index >= 15 is 0 Å². The Bertz CT molecular complexity index is 847. The highest BCUT2D eigenvalue weighted by molar-refractivity contribution is 6.99. The number of hydrogen-bond donors (Lipinski definition) is 1. The Morgan fingerprint density at radius 3 is 2.91 bits per heavy atom. The first kappa shape index (κ1) is 15.2. The van der Waals surface area contributed by atoms with Crippen molar-refractivity contribution in [2.24, 2.45) is 0 Å². The Balaban J connectivity index is 1.87. The van der Waals surface area contributed by atoms with Crippen molar-refractivity contribution in [1.29, 1.82) is 0 Å². The van der Waals surface area contributed by atoms with E-state index in [1.807, 2.05) is 0 Å². The molecule has 0 saturated heterocycles. The molecule has 23 heavy (non-hydrogen) atoms. The van der Waals surface area contributed by atoms with Crippen LogP contribution in [-0.2, 0) is 6.54 Å². The van der Waals surface area contributed by atoms with Gasteiger partial charge in [-0.05, 0) is 25.1 Å². The molecule has 0 aliphatic heterocycles. The lowest BCUT2D eigenvalue weighted by molar-refractivity contribution is 0.102. The van der Waals surface area contributed by atoms with Crippen molar-refractivity contribution in [3.05, 3.63) is 59.0 Å². The fourth-order valence-electron chi connectivity index (χ4n) is 2.02. The number of amides is 1. The van der Waals surface area contributed by atoms with Gasteiger partial charge in [-0.1, -0.05) is 0 Å². The lowest BCUT2D eigenvalue weighted by Gasteiger charge is -2.10. The molecule has 3 rings (SSSR count). The van der Waals surface area contributed by atoms with Crippen LogP contribution < -0.4 is 5.32 Å². The molecule has 0 spiro atoms. The molecular weight excluding hydrogens is 324 g/mol. The molecule has 0 atom stereocenters. The number of carbonyl (C=O) groups excluding carboxylic acids is 1. The zero-order chi connectivity index (χ0) is 16.4. The normalized spacial score (nSPS) is 10.7. The van der Waals surface area contributed by atoms with Crippen LogP contribution in [0.4, 0.5) is 14.6 Å². The van der Waals surface area contributed by atoms with Crippen molar-refractivity contribution >= 4 is 23.5 Å². The number of aromatic nitrogens is 4. The SMILES string of the molecule is Cc1cnn(Cc2cc(F)ccc2F)c1NC(=O)c1cnsn1. The van der Waals surface area contributed by atoms with Gasteiger partial charge in [0.2, 0.25) is 0 Å². The summed E-state index contributed by atoms with van der Waals surface area (Å²) in [6, 6.07) is 3.20. The van der Waals surface area contributed by atoms with Gasteiger partial charge < -0.3 is 5.32 Å². The van der Waals surface area contributed by atoms with Crippen molar-refractivity contribution in [3.63, 3.8) is 0 Å². The molecule has 1 N–H and O–H groups in total. The fourth-order valence-corrected chi connectivity index (χ4v) is 2.44. The first-order valence-electron chi connectivity index (χ1n) is 6.60. The third-order valence-corrected chi connectivity index (χ3v) is 3.65. The summed E-state index contributed by atoms with van der Waals surface area (Å²) in [5.74, 6) is -1.13. The summed E-state index contributed by atoms with van der Waals surface area (Å²) in [5.41, 5.74) is 1.01. The Morgan fingerprint density at radius 1 is 1.35 bits per heavy atom. The quantitative estimate of drug-likeness (QED) is 0.795. The zero-order valence-corrected chi connectivity index (χ0v) is 12.8. The van der Waals surface area contributed by atoms with Gasteiger partial charge in [0.25, 0.3) is 5.91 Å². The van der Waals surface area contributed by atoms with E-state index < -0.39 is 17.5 Å². The molecule has 118 valence electrons. The number of carbonyl (C=O) groups is 1. The van der Waals surface area contributed by atoms with Crippen LogP contribution in [0.3, 0.4) is 0 Å². The zero-order valence-electron chi connectivity index (χ0n) is 12.0. The highest BCUT2D eigenvalue weighted by Gasteiger charge is 2.16. The van der Waals surface area contributed by atoms with Gasteiger partial charge in [0.1, 0.15) is 17.5 Å². The predicted molar refractivity (Wildman–Crippen MR) is 80.3 cm³/mol. The minimum Gasteiger partial charge on any atom is -0.305 e. The summed E-state index contributed by atoms with van der Waals surface area (Å²) in [4.78, 5) is 12.1. The van der Waals surface area contributed by atoms with E-state index in [1.165, 1.54) is 17.1 Å². The van der Waals surface area contributed by atoms with Crippen LogP contribution in [0.15, 0.2) is 30.6 Å². The molecule has 2 heterocycles. The first-order valence-corrected chi connectivity index (χ1v) is 7.33. The topological polar surface area (TPSA) is 72.7 Å². The van der Waals surface area contributed by atoms with Gasteiger partial charge in [0.05, 0.1) is 30.7 Å². The summed E-state index contributed by atoms with van der Waals surface area (Å²) in [6.07, 6.45) is 2.88. The van der Waals surface area contributed by atoms with E-state index in [9.17, 15) is 13.6 Å². The number of benzene rings is 1. The minimum atomic E-state index is -0.541. The second-order valence-corrected chi connectivity index (χ2v) is 5.37. The van der Waals surface area contributed by atoms with Crippen LogP contribution >= 0.6 is 11.7 Å². The second-order valence-electron chi connectivity index (χ2n) is 4.82. The van der Waals surface area contributed by atoms with Crippen LogP contribution in [0.5, 0.6) is 0 Å². The number of anilines is 1. The molecule has 0 aliphatic carbocycles. The summed E-state index contributed by atoms with van der Waals surface area (Å²) >= 11 is 0.921. The average molecular weight is 335 g/mol. The Labute approximate surface area is 134 Å². The molecule has 0 unspecified atom stereocenters. The minimum absolute atomic E-state index is 0.0115. The first-order chi connectivity index (χ1) is 11.0. The average Bonchev–Trinajstić information content (AvgIpc) is 3.16. The Kier molecular flexibility index (Phi) is 4.11. The van der Waals surface area contributed by atoms with Gasteiger partial charge in [0, 0.05) is 11.1 Å². The highest BCUT2D eigenvalue weighted by atomic mass is 32.1. The van der Waals surface area contributed by atoms with E-state index in [0.717, 1.165) is 29.9 Å². The Hall–Kier alpha value is -2.68. The molecule has 9 heteroatoms. The monoisotopic (exact) mass is 335 g/mol. The van der Waals surface area contributed by atoms with Gasteiger partial charge >= 0.3 is 0 Å². The van der Waals surface area contributed by atoms with Crippen LogP contribution in [0.25, 0.3) is 0 Å². The molecule has 0 bridgehead atoms.